The Bertz CT molecular complexity index is 1410. The quantitative estimate of drug-likeness (QED) is 0.192. The van der Waals surface area contributed by atoms with Gasteiger partial charge >= 0.3 is 12.1 Å². The molecule has 0 aliphatic carbocycles. The van der Waals surface area contributed by atoms with E-state index in [2.05, 4.69) is 22.2 Å². The normalized spacial score (nSPS) is 11.3. The Hall–Kier alpha value is -5.24. The highest BCUT2D eigenvalue weighted by Gasteiger charge is 2.24. The summed E-state index contributed by atoms with van der Waals surface area (Å²) in [5, 5.41) is 14.8. The van der Waals surface area contributed by atoms with Crippen molar-refractivity contribution in [3.8, 4) is 17.6 Å². The summed E-state index contributed by atoms with van der Waals surface area (Å²) in [6.07, 6.45) is -0.356. The Morgan fingerprint density at radius 1 is 0.953 bits per heavy atom. The van der Waals surface area contributed by atoms with Crippen molar-refractivity contribution in [1.82, 2.24) is 10.8 Å². The second kappa shape index (κ2) is 15.7. The maximum atomic E-state index is 13.3. The minimum Gasteiger partial charge on any atom is -0.493 e. The number of hydrogen-bond acceptors (Lipinski definition) is 9. The first-order valence-electron chi connectivity index (χ1n) is 13.7. The van der Waals surface area contributed by atoms with E-state index in [0.717, 1.165) is 5.56 Å². The van der Waals surface area contributed by atoms with E-state index in [4.69, 9.17) is 24.3 Å². The molecular weight excluding hydrogens is 552 g/mol. The largest absolute Gasteiger partial charge is 0.493 e. The van der Waals surface area contributed by atoms with Gasteiger partial charge in [-0.2, -0.15) is 10.7 Å². The Kier molecular flexibility index (Phi) is 11.8. The molecule has 3 aromatic carbocycles. The smallest absolute Gasteiger partial charge is 0.407 e. The molecule has 0 bridgehead atoms. The molecule has 0 saturated heterocycles. The summed E-state index contributed by atoms with van der Waals surface area (Å²) in [5.74, 6) is -0.440. The van der Waals surface area contributed by atoms with Gasteiger partial charge in [-0.3, -0.25) is 4.79 Å². The third kappa shape index (κ3) is 10.9. The van der Waals surface area contributed by atoms with Crippen molar-refractivity contribution in [2.45, 2.75) is 51.9 Å². The van der Waals surface area contributed by atoms with Crippen LogP contribution in [0, 0.1) is 11.3 Å². The number of amides is 2. The van der Waals surface area contributed by atoms with E-state index in [0.29, 0.717) is 34.9 Å². The lowest BCUT2D eigenvalue weighted by atomic mass is 10.0. The second-order valence-corrected chi connectivity index (χ2v) is 10.4. The van der Waals surface area contributed by atoms with Crippen LogP contribution < -0.4 is 25.6 Å². The van der Waals surface area contributed by atoms with Gasteiger partial charge in [-0.25, -0.2) is 9.59 Å². The van der Waals surface area contributed by atoms with Gasteiger partial charge in [0, 0.05) is 18.7 Å². The summed E-state index contributed by atoms with van der Waals surface area (Å²) in [6, 6.07) is 22.3. The zero-order valence-corrected chi connectivity index (χ0v) is 24.6. The number of carbonyl (C=O) groups excluding carboxylic acids is 3. The molecule has 43 heavy (non-hydrogen) atoms. The number of hydroxylamine groups is 1. The van der Waals surface area contributed by atoms with Crippen LogP contribution in [0.4, 0.5) is 10.5 Å². The molecule has 3 N–H and O–H groups in total. The number of methoxy groups -OCH3 is 1. The fraction of sp³-hybridized carbons (Fsp3) is 0.312. The Morgan fingerprint density at radius 3 is 2.33 bits per heavy atom. The standard InChI is InChI=1S/C32H36N4O7/c1-32(2,3)42-31(39)34-18-8-11-28(37)43-36-30(38)29(35-25-15-12-22(20-33)13-16-25)24-14-17-26(27(19-24)40-4)41-21-23-9-6-5-7-10-23/h5-7,9-10,12-17,19,29,35H,8,11,18,21H2,1-4H3,(H,34,39)(H,36,38)/t29-/m0/s1. The van der Waals surface area contributed by atoms with Gasteiger partial charge in [0.25, 0.3) is 5.91 Å². The lowest BCUT2D eigenvalue weighted by molar-refractivity contribution is -0.158. The summed E-state index contributed by atoms with van der Waals surface area (Å²) in [6.45, 7) is 5.77. The minimum absolute atomic E-state index is 0.0505. The number of nitrogens with one attached hydrogen (secondary N) is 3. The highest BCUT2D eigenvalue weighted by molar-refractivity contribution is 5.86. The minimum atomic E-state index is -1.01. The summed E-state index contributed by atoms with van der Waals surface area (Å²) in [4.78, 5) is 42.3. The maximum Gasteiger partial charge on any atom is 0.407 e. The number of ether oxygens (including phenoxy) is 3. The summed E-state index contributed by atoms with van der Waals surface area (Å²) < 4.78 is 16.6. The van der Waals surface area contributed by atoms with Crippen molar-refractivity contribution in [2.75, 3.05) is 19.0 Å². The van der Waals surface area contributed by atoms with Gasteiger partial charge < -0.3 is 29.7 Å². The molecule has 1 atom stereocenters. The Balaban J connectivity index is 1.66. The van der Waals surface area contributed by atoms with Gasteiger partial charge in [-0.15, -0.1) is 0 Å². The van der Waals surface area contributed by atoms with Crippen LogP contribution in [0.5, 0.6) is 11.5 Å². The Labute approximate surface area is 251 Å². The number of benzene rings is 3. The van der Waals surface area contributed by atoms with Gasteiger partial charge in [-0.1, -0.05) is 36.4 Å². The van der Waals surface area contributed by atoms with E-state index in [9.17, 15) is 14.4 Å². The van der Waals surface area contributed by atoms with E-state index in [1.807, 2.05) is 30.3 Å². The highest BCUT2D eigenvalue weighted by Crippen LogP contribution is 2.32. The van der Waals surface area contributed by atoms with E-state index in [-0.39, 0.29) is 19.4 Å². The van der Waals surface area contributed by atoms with Crippen LogP contribution in [0.2, 0.25) is 0 Å². The van der Waals surface area contributed by atoms with Crippen LogP contribution in [-0.4, -0.2) is 37.2 Å². The fourth-order valence-electron chi connectivity index (χ4n) is 3.78. The molecule has 0 aliphatic heterocycles. The van der Waals surface area contributed by atoms with Crippen molar-refractivity contribution in [3.63, 3.8) is 0 Å². The van der Waals surface area contributed by atoms with Gasteiger partial charge in [0.2, 0.25) is 0 Å². The molecule has 0 spiro atoms. The molecule has 0 aliphatic rings. The molecule has 0 aromatic heterocycles. The van der Waals surface area contributed by atoms with Crippen LogP contribution in [0.3, 0.4) is 0 Å². The molecule has 0 heterocycles. The van der Waals surface area contributed by atoms with Crippen LogP contribution >= 0.6 is 0 Å². The van der Waals surface area contributed by atoms with Crippen molar-refractivity contribution in [3.05, 3.63) is 89.5 Å². The molecule has 3 aromatic rings. The predicted molar refractivity (Wildman–Crippen MR) is 159 cm³/mol. The van der Waals surface area contributed by atoms with E-state index in [1.54, 1.807) is 63.2 Å². The first kappa shape index (κ1) is 32.3. The molecular formula is C32H36N4O7. The number of rotatable bonds is 12. The average Bonchev–Trinajstić information content (AvgIpc) is 2.99. The van der Waals surface area contributed by atoms with Crippen LogP contribution in [0.1, 0.15) is 56.3 Å². The molecule has 0 fully saturated rings. The monoisotopic (exact) mass is 588 g/mol. The summed E-state index contributed by atoms with van der Waals surface area (Å²) in [5.41, 5.74) is 4.09. The third-order valence-electron chi connectivity index (χ3n) is 5.84. The zero-order valence-electron chi connectivity index (χ0n) is 24.6. The Morgan fingerprint density at radius 2 is 1.67 bits per heavy atom. The molecule has 226 valence electrons. The number of alkyl carbamates (subject to hydrolysis) is 1. The van der Waals surface area contributed by atoms with Crippen LogP contribution in [-0.2, 0) is 25.8 Å². The van der Waals surface area contributed by atoms with Crippen LogP contribution in [0.15, 0.2) is 72.8 Å². The average molecular weight is 589 g/mol. The topological polar surface area (TPSA) is 148 Å². The number of nitrogens with zero attached hydrogens (tertiary/aromatic N) is 1. The predicted octanol–water partition coefficient (Wildman–Crippen LogP) is 5.18. The highest BCUT2D eigenvalue weighted by atomic mass is 16.7. The number of hydrogen-bond donors (Lipinski definition) is 3. The molecule has 11 nitrogen and oxygen atoms in total. The first-order valence-corrected chi connectivity index (χ1v) is 13.7. The lowest BCUT2D eigenvalue weighted by Crippen LogP contribution is -2.35. The SMILES string of the molecule is COc1cc([C@H](Nc2ccc(C#N)cc2)C(=O)NOC(=O)CCCNC(=O)OC(C)(C)C)ccc1OCc1ccccc1. The molecule has 0 radical (unpaired) electrons. The second-order valence-electron chi connectivity index (χ2n) is 10.4. The van der Waals surface area contributed by atoms with Gasteiger partial charge in [0.15, 0.2) is 11.5 Å². The van der Waals surface area contributed by atoms with Crippen molar-refractivity contribution in [2.24, 2.45) is 0 Å². The van der Waals surface area contributed by atoms with Gasteiger partial charge in [0.05, 0.1) is 18.7 Å². The number of anilines is 1. The fourth-order valence-corrected chi connectivity index (χ4v) is 3.78. The zero-order chi connectivity index (χ0) is 31.2. The van der Waals surface area contributed by atoms with E-state index in [1.165, 1.54) is 7.11 Å². The molecule has 0 unspecified atom stereocenters. The van der Waals surface area contributed by atoms with Gasteiger partial charge in [0.1, 0.15) is 18.2 Å². The molecule has 11 heteroatoms. The van der Waals surface area contributed by atoms with Gasteiger partial charge in [-0.05, 0) is 74.7 Å². The van der Waals surface area contributed by atoms with Crippen LogP contribution in [0.25, 0.3) is 0 Å². The number of nitriles is 1. The molecule has 0 saturated carbocycles. The van der Waals surface area contributed by atoms with E-state index >= 15 is 0 Å². The van der Waals surface area contributed by atoms with Crippen molar-refractivity contribution in [1.29, 1.82) is 5.26 Å². The number of carbonyl (C=O) groups is 3. The summed E-state index contributed by atoms with van der Waals surface area (Å²) in [7, 11) is 1.50. The first-order chi connectivity index (χ1) is 20.6. The molecule has 2 amide bonds. The van der Waals surface area contributed by atoms with E-state index < -0.39 is 29.6 Å². The van der Waals surface area contributed by atoms with Crippen molar-refractivity contribution >= 4 is 23.7 Å². The van der Waals surface area contributed by atoms with Crippen molar-refractivity contribution < 1.29 is 33.4 Å². The molecule has 3 rings (SSSR count). The lowest BCUT2D eigenvalue weighted by Gasteiger charge is -2.21. The summed E-state index contributed by atoms with van der Waals surface area (Å²) >= 11 is 0. The third-order valence-corrected chi connectivity index (χ3v) is 5.84. The maximum absolute atomic E-state index is 13.3.